The lowest BCUT2D eigenvalue weighted by Crippen LogP contribution is -1.85. The minimum absolute atomic E-state index is 0.630. The Morgan fingerprint density at radius 1 is 1.00 bits per heavy atom. The van der Waals surface area contributed by atoms with Crippen molar-refractivity contribution in [1.82, 2.24) is 0 Å². The van der Waals surface area contributed by atoms with E-state index in [4.69, 9.17) is 11.6 Å². The first-order chi connectivity index (χ1) is 8.16. The molecular weight excluding hydrogens is 262 g/mol. The lowest BCUT2D eigenvalue weighted by atomic mass is 10.2. The topological polar surface area (TPSA) is 0 Å². The highest BCUT2D eigenvalue weighted by Gasteiger charge is 2.04. The Hall–Kier alpha value is -1.06. The van der Waals surface area contributed by atoms with E-state index < -0.39 is 11.6 Å². The van der Waals surface area contributed by atoms with E-state index in [-0.39, 0.29) is 0 Å². The van der Waals surface area contributed by atoms with Crippen LogP contribution in [0.5, 0.6) is 0 Å². The molecule has 0 aromatic heterocycles. The summed E-state index contributed by atoms with van der Waals surface area (Å²) in [6.45, 7) is 0. The zero-order valence-corrected chi connectivity index (χ0v) is 10.4. The number of halogens is 3. The number of rotatable bonds is 3. The van der Waals surface area contributed by atoms with Gasteiger partial charge in [0.15, 0.2) is 11.6 Å². The van der Waals surface area contributed by atoms with Crippen molar-refractivity contribution in [3.05, 3.63) is 64.7 Å². The molecule has 0 saturated carbocycles. The van der Waals surface area contributed by atoms with Gasteiger partial charge in [0.05, 0.1) is 0 Å². The summed E-state index contributed by atoms with van der Waals surface area (Å²) in [6, 6.07) is 11.3. The van der Waals surface area contributed by atoms with Gasteiger partial charge in [-0.15, -0.1) is 11.8 Å². The molecule has 0 aliphatic carbocycles. The van der Waals surface area contributed by atoms with E-state index in [1.165, 1.54) is 17.8 Å². The molecular formula is C13H9ClF2S. The fourth-order valence-corrected chi connectivity index (χ4v) is 2.55. The molecule has 2 aromatic rings. The third kappa shape index (κ3) is 3.20. The van der Waals surface area contributed by atoms with Gasteiger partial charge in [-0.2, -0.15) is 0 Å². The molecule has 0 aliphatic rings. The first-order valence-electron chi connectivity index (χ1n) is 4.98. The van der Waals surface area contributed by atoms with Crippen molar-refractivity contribution < 1.29 is 8.78 Å². The van der Waals surface area contributed by atoms with Crippen molar-refractivity contribution in [1.29, 1.82) is 0 Å². The molecule has 0 unspecified atom stereocenters. The van der Waals surface area contributed by atoms with Crippen molar-refractivity contribution in [2.24, 2.45) is 0 Å². The molecule has 0 N–H and O–H groups in total. The fraction of sp³-hybridized carbons (Fsp3) is 0.0769. The Balaban J connectivity index is 2.08. The van der Waals surface area contributed by atoms with Gasteiger partial charge in [-0.3, -0.25) is 0 Å². The van der Waals surface area contributed by atoms with E-state index >= 15 is 0 Å². The molecule has 0 amide bonds. The van der Waals surface area contributed by atoms with Crippen LogP contribution in [-0.2, 0) is 5.75 Å². The molecule has 88 valence electrons. The molecule has 0 saturated heterocycles. The number of hydrogen-bond donors (Lipinski definition) is 0. The monoisotopic (exact) mass is 270 g/mol. The maximum Gasteiger partial charge on any atom is 0.159 e. The highest BCUT2D eigenvalue weighted by molar-refractivity contribution is 7.98. The molecule has 0 spiro atoms. The molecule has 0 nitrogen and oxygen atoms in total. The molecule has 2 aromatic carbocycles. The second-order valence-electron chi connectivity index (χ2n) is 3.46. The van der Waals surface area contributed by atoms with Gasteiger partial charge >= 0.3 is 0 Å². The lowest BCUT2D eigenvalue weighted by molar-refractivity contribution is 0.506. The van der Waals surface area contributed by atoms with E-state index in [0.717, 1.165) is 11.6 Å². The Kier molecular flexibility index (Phi) is 4.02. The average molecular weight is 271 g/mol. The first-order valence-corrected chi connectivity index (χ1v) is 6.34. The van der Waals surface area contributed by atoms with Crippen LogP contribution in [0.2, 0.25) is 5.02 Å². The smallest absolute Gasteiger partial charge is 0.159 e. The standard InChI is InChI=1S/C13H9ClF2S/c14-11-4-2-1-3-9(11)8-17-10-5-6-12(15)13(16)7-10/h1-7H,8H2. The van der Waals surface area contributed by atoms with Gasteiger partial charge in [0.1, 0.15) is 0 Å². The summed E-state index contributed by atoms with van der Waals surface area (Å²) in [5, 5.41) is 0.683. The third-order valence-electron chi connectivity index (χ3n) is 2.24. The predicted octanol–water partition coefficient (Wildman–Crippen LogP) is 4.91. The van der Waals surface area contributed by atoms with Crippen LogP contribution >= 0.6 is 23.4 Å². The van der Waals surface area contributed by atoms with Gasteiger partial charge in [-0.05, 0) is 29.8 Å². The maximum atomic E-state index is 13.0. The minimum Gasteiger partial charge on any atom is -0.204 e. The summed E-state index contributed by atoms with van der Waals surface area (Å²) in [5.41, 5.74) is 0.976. The number of benzene rings is 2. The molecule has 0 heterocycles. The van der Waals surface area contributed by atoms with Gasteiger partial charge in [-0.25, -0.2) is 8.78 Å². The Morgan fingerprint density at radius 3 is 2.47 bits per heavy atom. The summed E-state index contributed by atoms with van der Waals surface area (Å²) >= 11 is 7.42. The van der Waals surface area contributed by atoms with Crippen LogP contribution in [0.3, 0.4) is 0 Å². The third-order valence-corrected chi connectivity index (χ3v) is 3.65. The number of thioether (sulfide) groups is 1. The molecule has 4 heteroatoms. The largest absolute Gasteiger partial charge is 0.204 e. The van der Waals surface area contributed by atoms with Crippen molar-refractivity contribution in [2.45, 2.75) is 10.6 Å². The molecule has 17 heavy (non-hydrogen) atoms. The molecule has 0 bridgehead atoms. The van der Waals surface area contributed by atoms with Crippen LogP contribution in [-0.4, -0.2) is 0 Å². The Bertz CT molecular complexity index is 529. The maximum absolute atomic E-state index is 13.0. The highest BCUT2D eigenvalue weighted by atomic mass is 35.5. The Morgan fingerprint density at radius 2 is 1.76 bits per heavy atom. The summed E-state index contributed by atoms with van der Waals surface area (Å²) in [6.07, 6.45) is 0. The summed E-state index contributed by atoms with van der Waals surface area (Å²) in [4.78, 5) is 0.684. The van der Waals surface area contributed by atoms with E-state index in [9.17, 15) is 8.78 Å². The summed E-state index contributed by atoms with van der Waals surface area (Å²) in [7, 11) is 0. The van der Waals surface area contributed by atoms with Crippen molar-refractivity contribution in [3.63, 3.8) is 0 Å². The lowest BCUT2D eigenvalue weighted by Gasteiger charge is -2.04. The van der Waals surface area contributed by atoms with E-state index in [1.54, 1.807) is 6.07 Å². The van der Waals surface area contributed by atoms with Gasteiger partial charge in [0.2, 0.25) is 0 Å². The van der Waals surface area contributed by atoms with Crippen molar-refractivity contribution in [2.75, 3.05) is 0 Å². The van der Waals surface area contributed by atoms with Crippen molar-refractivity contribution >= 4 is 23.4 Å². The highest BCUT2D eigenvalue weighted by Crippen LogP contribution is 2.27. The SMILES string of the molecule is Fc1ccc(SCc2ccccc2Cl)cc1F. The number of hydrogen-bond acceptors (Lipinski definition) is 1. The quantitative estimate of drug-likeness (QED) is 0.714. The van der Waals surface area contributed by atoms with Gasteiger partial charge in [-0.1, -0.05) is 29.8 Å². The van der Waals surface area contributed by atoms with Crippen LogP contribution in [0.25, 0.3) is 0 Å². The van der Waals surface area contributed by atoms with Crippen LogP contribution < -0.4 is 0 Å². The normalized spacial score (nSPS) is 10.5. The zero-order chi connectivity index (χ0) is 12.3. The van der Waals surface area contributed by atoms with Gasteiger partial charge in [0, 0.05) is 15.7 Å². The van der Waals surface area contributed by atoms with Crippen LogP contribution in [0.4, 0.5) is 8.78 Å². The summed E-state index contributed by atoms with van der Waals surface area (Å²) < 4.78 is 25.7. The molecule has 0 aliphatic heterocycles. The molecule has 0 atom stereocenters. The van der Waals surface area contributed by atoms with Gasteiger partial charge < -0.3 is 0 Å². The van der Waals surface area contributed by atoms with E-state index in [1.807, 2.05) is 24.3 Å². The first kappa shape index (κ1) is 12.4. The van der Waals surface area contributed by atoms with Crippen LogP contribution in [0.15, 0.2) is 47.4 Å². The molecule has 0 fully saturated rings. The second-order valence-corrected chi connectivity index (χ2v) is 4.91. The zero-order valence-electron chi connectivity index (χ0n) is 8.79. The summed E-state index contributed by atoms with van der Waals surface area (Å²) in [5.74, 6) is -1.02. The Labute approximate surface area is 108 Å². The van der Waals surface area contributed by atoms with E-state index in [0.29, 0.717) is 15.7 Å². The second kappa shape index (κ2) is 5.52. The van der Waals surface area contributed by atoms with Crippen molar-refractivity contribution in [3.8, 4) is 0 Å². The molecule has 2 rings (SSSR count). The van der Waals surface area contributed by atoms with Gasteiger partial charge in [0.25, 0.3) is 0 Å². The minimum atomic E-state index is -0.827. The average Bonchev–Trinajstić information content (AvgIpc) is 2.32. The molecule has 0 radical (unpaired) electrons. The fourth-order valence-electron chi connectivity index (χ4n) is 1.34. The van der Waals surface area contributed by atoms with Crippen LogP contribution in [0.1, 0.15) is 5.56 Å². The van der Waals surface area contributed by atoms with Crippen LogP contribution in [0, 0.1) is 11.6 Å². The van der Waals surface area contributed by atoms with E-state index in [2.05, 4.69) is 0 Å². The predicted molar refractivity (Wildman–Crippen MR) is 67.4 cm³/mol.